The van der Waals surface area contributed by atoms with E-state index in [1.54, 1.807) is 36.4 Å². The second-order valence-corrected chi connectivity index (χ2v) is 5.26. The van der Waals surface area contributed by atoms with Gasteiger partial charge in [-0.25, -0.2) is 4.79 Å². The summed E-state index contributed by atoms with van der Waals surface area (Å²) in [6.07, 6.45) is 1.47. The monoisotopic (exact) mass is 351 g/mol. The lowest BCUT2D eigenvalue weighted by Crippen LogP contribution is -1.96. The summed E-state index contributed by atoms with van der Waals surface area (Å²) >= 11 is 0. The summed E-state index contributed by atoms with van der Waals surface area (Å²) in [6.45, 7) is 0. The number of nitrogens with one attached hydrogen (secondary N) is 1. The van der Waals surface area contributed by atoms with Crippen LogP contribution in [-0.2, 0) is 0 Å². The minimum absolute atomic E-state index is 0.0141. The first-order valence-electron chi connectivity index (χ1n) is 7.50. The third-order valence-corrected chi connectivity index (χ3v) is 3.51. The van der Waals surface area contributed by atoms with Crippen LogP contribution in [0.2, 0.25) is 0 Å². The largest absolute Gasteiger partial charge is 0.478 e. The van der Waals surface area contributed by atoms with Crippen LogP contribution in [0.5, 0.6) is 0 Å². The quantitative estimate of drug-likeness (QED) is 0.394. The molecule has 8 heteroatoms. The number of nitrogens with zero attached hydrogens (tertiary/aromatic N) is 2. The van der Waals surface area contributed by atoms with Crippen molar-refractivity contribution in [2.75, 3.05) is 5.43 Å². The summed E-state index contributed by atoms with van der Waals surface area (Å²) in [5.41, 5.74) is 4.32. The van der Waals surface area contributed by atoms with Crippen LogP contribution in [-0.4, -0.2) is 22.2 Å². The molecular formula is C18H13N3O5. The van der Waals surface area contributed by atoms with Crippen LogP contribution in [0.1, 0.15) is 16.1 Å². The number of carboxylic acid groups (broad SMARTS) is 1. The van der Waals surface area contributed by atoms with Crippen molar-refractivity contribution in [3.05, 3.63) is 82.1 Å². The van der Waals surface area contributed by atoms with E-state index in [1.165, 1.54) is 30.5 Å². The number of aromatic carboxylic acids is 1. The molecule has 0 unspecified atom stereocenters. The van der Waals surface area contributed by atoms with Crippen LogP contribution in [0.25, 0.3) is 11.3 Å². The molecule has 8 nitrogen and oxygen atoms in total. The van der Waals surface area contributed by atoms with Crippen molar-refractivity contribution in [3.8, 4) is 11.3 Å². The highest BCUT2D eigenvalue weighted by Gasteiger charge is 2.08. The lowest BCUT2D eigenvalue weighted by Gasteiger charge is -2.00. The van der Waals surface area contributed by atoms with Crippen molar-refractivity contribution in [3.63, 3.8) is 0 Å². The molecule has 0 saturated heterocycles. The molecule has 26 heavy (non-hydrogen) atoms. The van der Waals surface area contributed by atoms with Crippen LogP contribution >= 0.6 is 0 Å². The molecule has 2 N–H and O–H groups in total. The van der Waals surface area contributed by atoms with Crippen LogP contribution in [0.4, 0.5) is 11.4 Å². The maximum atomic E-state index is 10.8. The highest BCUT2D eigenvalue weighted by atomic mass is 16.6. The van der Waals surface area contributed by atoms with Gasteiger partial charge in [0.2, 0.25) is 0 Å². The van der Waals surface area contributed by atoms with E-state index in [0.29, 0.717) is 22.8 Å². The van der Waals surface area contributed by atoms with Gasteiger partial charge in [0.25, 0.3) is 5.69 Å². The van der Waals surface area contributed by atoms with Gasteiger partial charge in [-0.1, -0.05) is 0 Å². The summed E-state index contributed by atoms with van der Waals surface area (Å²) in [5.74, 6) is 0.0644. The second kappa shape index (κ2) is 7.31. The lowest BCUT2D eigenvalue weighted by molar-refractivity contribution is -0.384. The number of rotatable bonds is 6. The van der Waals surface area contributed by atoms with E-state index in [-0.39, 0.29) is 11.3 Å². The average molecular weight is 351 g/mol. The third-order valence-electron chi connectivity index (χ3n) is 3.51. The Hall–Kier alpha value is -3.94. The number of benzene rings is 2. The molecule has 0 amide bonds. The molecule has 0 saturated carbocycles. The standard InChI is InChI=1S/C18H13N3O5/c22-18(23)13-1-5-14(6-2-13)20-19-11-16-9-10-17(26-16)12-3-7-15(8-4-12)21(24)25/h1-11,20H,(H,22,23)/b19-11+. The zero-order chi connectivity index (χ0) is 18.5. The van der Waals surface area contributed by atoms with Gasteiger partial charge in [-0.3, -0.25) is 15.5 Å². The lowest BCUT2D eigenvalue weighted by atomic mass is 10.1. The summed E-state index contributed by atoms with van der Waals surface area (Å²) < 4.78 is 5.62. The number of hydrazone groups is 1. The highest BCUT2D eigenvalue weighted by Crippen LogP contribution is 2.24. The molecule has 0 bridgehead atoms. The average Bonchev–Trinajstić information content (AvgIpc) is 3.11. The number of furan rings is 1. The van der Waals surface area contributed by atoms with Crippen LogP contribution in [0, 0.1) is 10.1 Å². The van der Waals surface area contributed by atoms with Gasteiger partial charge >= 0.3 is 5.97 Å². The summed E-state index contributed by atoms with van der Waals surface area (Å²) in [6, 6.07) is 15.7. The number of carboxylic acids is 1. The number of hydrogen-bond acceptors (Lipinski definition) is 6. The zero-order valence-electron chi connectivity index (χ0n) is 13.3. The van der Waals surface area contributed by atoms with Gasteiger partial charge in [0, 0.05) is 17.7 Å². The Balaban J connectivity index is 1.65. The van der Waals surface area contributed by atoms with Crippen LogP contribution < -0.4 is 5.43 Å². The number of non-ortho nitro benzene ring substituents is 1. The van der Waals surface area contributed by atoms with Gasteiger partial charge in [0.15, 0.2) is 0 Å². The van der Waals surface area contributed by atoms with Crippen molar-refractivity contribution in [1.29, 1.82) is 0 Å². The first-order valence-corrected chi connectivity index (χ1v) is 7.50. The maximum absolute atomic E-state index is 10.8. The van der Waals surface area contributed by atoms with Crippen LogP contribution in [0.15, 0.2) is 70.2 Å². The van der Waals surface area contributed by atoms with Crippen molar-refractivity contribution >= 4 is 23.6 Å². The summed E-state index contributed by atoms with van der Waals surface area (Å²) in [5, 5.41) is 23.5. The zero-order valence-corrected chi connectivity index (χ0v) is 13.3. The predicted molar refractivity (Wildman–Crippen MR) is 95.4 cm³/mol. The molecule has 130 valence electrons. The minimum atomic E-state index is -0.991. The van der Waals surface area contributed by atoms with Crippen molar-refractivity contribution in [2.24, 2.45) is 5.10 Å². The first kappa shape index (κ1) is 16.9. The van der Waals surface area contributed by atoms with Gasteiger partial charge in [-0.15, -0.1) is 0 Å². The molecule has 1 heterocycles. The van der Waals surface area contributed by atoms with Gasteiger partial charge in [0.1, 0.15) is 11.5 Å². The van der Waals surface area contributed by atoms with Gasteiger partial charge < -0.3 is 9.52 Å². The van der Waals surface area contributed by atoms with Gasteiger partial charge in [0.05, 0.1) is 22.4 Å². The number of anilines is 1. The number of nitro benzene ring substituents is 1. The molecule has 0 fully saturated rings. The molecule has 0 aliphatic heterocycles. The number of carbonyl (C=O) groups is 1. The van der Waals surface area contributed by atoms with Gasteiger partial charge in [-0.05, 0) is 48.5 Å². The third kappa shape index (κ3) is 3.93. The van der Waals surface area contributed by atoms with E-state index in [9.17, 15) is 14.9 Å². The molecular weight excluding hydrogens is 338 g/mol. The maximum Gasteiger partial charge on any atom is 0.335 e. The molecule has 0 aliphatic rings. The smallest absolute Gasteiger partial charge is 0.335 e. The molecule has 0 aliphatic carbocycles. The van der Waals surface area contributed by atoms with E-state index >= 15 is 0 Å². The fourth-order valence-electron chi connectivity index (χ4n) is 2.18. The Morgan fingerprint density at radius 3 is 2.38 bits per heavy atom. The topological polar surface area (TPSA) is 118 Å². The molecule has 0 radical (unpaired) electrons. The molecule has 1 aromatic heterocycles. The summed E-state index contributed by atoms with van der Waals surface area (Å²) in [4.78, 5) is 21.0. The van der Waals surface area contributed by atoms with E-state index < -0.39 is 10.9 Å². The minimum Gasteiger partial charge on any atom is -0.478 e. The highest BCUT2D eigenvalue weighted by molar-refractivity contribution is 5.88. The SMILES string of the molecule is O=C(O)c1ccc(N/N=C/c2ccc(-c3ccc([N+](=O)[O-])cc3)o2)cc1. The summed E-state index contributed by atoms with van der Waals surface area (Å²) in [7, 11) is 0. The molecule has 0 atom stereocenters. The Bertz CT molecular complexity index is 959. The van der Waals surface area contributed by atoms with E-state index in [4.69, 9.17) is 9.52 Å². The van der Waals surface area contributed by atoms with Gasteiger partial charge in [-0.2, -0.15) is 5.10 Å². The fraction of sp³-hybridized carbons (Fsp3) is 0. The van der Waals surface area contributed by atoms with Crippen molar-refractivity contribution < 1.29 is 19.2 Å². The van der Waals surface area contributed by atoms with E-state index in [1.807, 2.05) is 0 Å². The van der Waals surface area contributed by atoms with E-state index in [0.717, 1.165) is 0 Å². The molecule has 2 aromatic carbocycles. The van der Waals surface area contributed by atoms with Crippen molar-refractivity contribution in [1.82, 2.24) is 0 Å². The first-order chi connectivity index (χ1) is 12.5. The Morgan fingerprint density at radius 2 is 1.77 bits per heavy atom. The number of hydrogen-bond donors (Lipinski definition) is 2. The Labute approximate surface area is 147 Å². The second-order valence-electron chi connectivity index (χ2n) is 5.26. The predicted octanol–water partition coefficient (Wildman–Crippen LogP) is 4.00. The molecule has 3 aromatic rings. The van der Waals surface area contributed by atoms with Crippen molar-refractivity contribution in [2.45, 2.75) is 0 Å². The molecule has 0 spiro atoms. The normalized spacial score (nSPS) is 10.8. The number of nitro groups is 1. The Morgan fingerprint density at radius 1 is 1.08 bits per heavy atom. The van der Waals surface area contributed by atoms with E-state index in [2.05, 4.69) is 10.5 Å². The van der Waals surface area contributed by atoms with Crippen LogP contribution in [0.3, 0.4) is 0 Å². The molecule has 3 rings (SSSR count). The fourth-order valence-corrected chi connectivity index (χ4v) is 2.18. The Kier molecular flexibility index (Phi) is 4.75.